The normalized spacial score (nSPS) is 21.1. The van der Waals surface area contributed by atoms with Crippen LogP contribution in [0.25, 0.3) is 0 Å². The first kappa shape index (κ1) is 20.8. The molecule has 7 nitrogen and oxygen atoms in total. The molecule has 0 amide bonds. The number of nitrogens with zero attached hydrogens (tertiary/aromatic N) is 1. The van der Waals surface area contributed by atoms with Gasteiger partial charge in [-0.15, -0.1) is 12.4 Å². The van der Waals surface area contributed by atoms with E-state index in [1.807, 2.05) is 6.92 Å². The second-order valence-electron chi connectivity index (χ2n) is 5.91. The molecule has 2 unspecified atom stereocenters. The minimum atomic E-state index is -3.81. The third-order valence-electron chi connectivity index (χ3n) is 4.45. The van der Waals surface area contributed by atoms with Gasteiger partial charge >= 0.3 is 0 Å². The number of sulfonamides is 1. The summed E-state index contributed by atoms with van der Waals surface area (Å²) in [6, 6.07) is 3.78. The number of benzene rings is 1. The SMILES string of the molecule is CCc1ccc([N+](=O)[O-])cc1S(=O)(=O)NC1CCCCC1CN.Cl. The maximum Gasteiger partial charge on any atom is 0.270 e. The van der Waals surface area contributed by atoms with Crippen molar-refractivity contribution in [1.82, 2.24) is 4.72 Å². The Morgan fingerprint density at radius 3 is 2.58 bits per heavy atom. The van der Waals surface area contributed by atoms with Crippen molar-refractivity contribution in [2.24, 2.45) is 11.7 Å². The summed E-state index contributed by atoms with van der Waals surface area (Å²) in [6.45, 7) is 2.26. The van der Waals surface area contributed by atoms with Crippen molar-refractivity contribution >= 4 is 28.1 Å². The van der Waals surface area contributed by atoms with Crippen LogP contribution in [0.1, 0.15) is 38.2 Å². The van der Waals surface area contributed by atoms with Crippen molar-refractivity contribution in [1.29, 1.82) is 0 Å². The largest absolute Gasteiger partial charge is 0.330 e. The van der Waals surface area contributed by atoms with Crippen LogP contribution in [0.5, 0.6) is 0 Å². The van der Waals surface area contributed by atoms with Crippen LogP contribution >= 0.6 is 12.4 Å². The van der Waals surface area contributed by atoms with Crippen molar-refractivity contribution in [2.75, 3.05) is 6.54 Å². The number of aryl methyl sites for hydroxylation is 1. The van der Waals surface area contributed by atoms with Crippen molar-refractivity contribution < 1.29 is 13.3 Å². The molecular formula is C15H24ClN3O4S. The Labute approximate surface area is 148 Å². The van der Waals surface area contributed by atoms with Crippen LogP contribution in [0, 0.1) is 16.0 Å². The summed E-state index contributed by atoms with van der Waals surface area (Å²) in [5, 5.41) is 10.9. The van der Waals surface area contributed by atoms with Crippen LogP contribution in [0.3, 0.4) is 0 Å². The summed E-state index contributed by atoms with van der Waals surface area (Å²) in [7, 11) is -3.81. The molecule has 0 heterocycles. The van der Waals surface area contributed by atoms with E-state index < -0.39 is 14.9 Å². The topological polar surface area (TPSA) is 115 Å². The lowest BCUT2D eigenvalue weighted by atomic mass is 9.85. The van der Waals surface area contributed by atoms with Gasteiger partial charge in [-0.2, -0.15) is 0 Å². The van der Waals surface area contributed by atoms with Gasteiger partial charge in [0.25, 0.3) is 5.69 Å². The second-order valence-corrected chi connectivity index (χ2v) is 7.59. The number of nitrogens with one attached hydrogen (secondary N) is 1. The molecule has 1 aromatic rings. The summed E-state index contributed by atoms with van der Waals surface area (Å²) >= 11 is 0. The first-order chi connectivity index (χ1) is 10.9. The van der Waals surface area contributed by atoms with Crippen LogP contribution in [0.15, 0.2) is 23.1 Å². The Kier molecular flexibility index (Phi) is 7.59. The van der Waals surface area contributed by atoms with Crippen molar-refractivity contribution in [2.45, 2.75) is 50.0 Å². The third kappa shape index (κ3) is 4.66. The Hall–Kier alpha value is -1.22. The number of hydrogen-bond acceptors (Lipinski definition) is 5. The number of nitro groups is 1. The highest BCUT2D eigenvalue weighted by molar-refractivity contribution is 7.89. The Bertz CT molecular complexity index is 681. The van der Waals surface area contributed by atoms with E-state index >= 15 is 0 Å². The van der Waals surface area contributed by atoms with E-state index in [1.165, 1.54) is 12.1 Å². The molecule has 0 bridgehead atoms. The van der Waals surface area contributed by atoms with Crippen LogP contribution in [0.4, 0.5) is 5.69 Å². The van der Waals surface area contributed by atoms with E-state index in [2.05, 4.69) is 4.72 Å². The highest BCUT2D eigenvalue weighted by atomic mass is 35.5. The minimum absolute atomic E-state index is 0. The molecule has 1 aliphatic carbocycles. The van der Waals surface area contributed by atoms with Gasteiger partial charge in [0.15, 0.2) is 0 Å². The molecule has 2 rings (SSSR count). The van der Waals surface area contributed by atoms with Crippen molar-refractivity contribution in [3.63, 3.8) is 0 Å². The average molecular weight is 378 g/mol. The third-order valence-corrected chi connectivity index (χ3v) is 6.02. The Balaban J connectivity index is 0.00000288. The van der Waals surface area contributed by atoms with Crippen molar-refractivity contribution in [3.8, 4) is 0 Å². The summed E-state index contributed by atoms with van der Waals surface area (Å²) < 4.78 is 28.2. The predicted molar refractivity (Wildman–Crippen MR) is 94.8 cm³/mol. The average Bonchev–Trinajstić information content (AvgIpc) is 2.54. The van der Waals surface area contributed by atoms with Gasteiger partial charge in [-0.05, 0) is 37.3 Å². The van der Waals surface area contributed by atoms with Gasteiger partial charge in [0, 0.05) is 18.2 Å². The van der Waals surface area contributed by atoms with Crippen LogP contribution in [-0.2, 0) is 16.4 Å². The van der Waals surface area contributed by atoms with Gasteiger partial charge in [-0.25, -0.2) is 13.1 Å². The summed E-state index contributed by atoms with van der Waals surface area (Å²) in [6.07, 6.45) is 4.15. The fraction of sp³-hybridized carbons (Fsp3) is 0.600. The van der Waals surface area contributed by atoms with Crippen molar-refractivity contribution in [3.05, 3.63) is 33.9 Å². The standard InChI is InChI=1S/C15H23N3O4S.ClH/c1-2-11-7-8-13(18(19)20)9-15(11)23(21,22)17-14-6-4-3-5-12(14)10-16;/h7-9,12,14,17H,2-6,10,16H2,1H3;1H. The second kappa shape index (κ2) is 8.75. The number of rotatable bonds is 6. The minimum Gasteiger partial charge on any atom is -0.330 e. The summed E-state index contributed by atoms with van der Waals surface area (Å²) in [4.78, 5) is 10.4. The summed E-state index contributed by atoms with van der Waals surface area (Å²) in [5.74, 6) is 0.113. The van der Waals surface area contributed by atoms with E-state index in [1.54, 1.807) is 0 Å². The van der Waals surface area contributed by atoms with Gasteiger partial charge < -0.3 is 5.73 Å². The van der Waals surface area contributed by atoms with Crippen LogP contribution in [0.2, 0.25) is 0 Å². The Morgan fingerprint density at radius 1 is 1.33 bits per heavy atom. The molecule has 0 aliphatic heterocycles. The maximum atomic E-state index is 12.7. The molecule has 0 spiro atoms. The van der Waals surface area contributed by atoms with Gasteiger partial charge in [-0.1, -0.05) is 25.8 Å². The van der Waals surface area contributed by atoms with Gasteiger partial charge in [0.1, 0.15) is 0 Å². The fourth-order valence-electron chi connectivity index (χ4n) is 3.11. The quantitative estimate of drug-likeness (QED) is 0.583. The monoisotopic (exact) mass is 377 g/mol. The molecule has 9 heteroatoms. The molecule has 1 fully saturated rings. The number of halogens is 1. The number of hydrogen-bond donors (Lipinski definition) is 2. The molecule has 3 N–H and O–H groups in total. The highest BCUT2D eigenvalue weighted by Crippen LogP contribution is 2.27. The first-order valence-corrected chi connectivity index (χ1v) is 9.37. The first-order valence-electron chi connectivity index (χ1n) is 7.88. The van der Waals surface area contributed by atoms with Gasteiger partial charge in [-0.3, -0.25) is 10.1 Å². The lowest BCUT2D eigenvalue weighted by Crippen LogP contribution is -2.44. The molecule has 1 aromatic carbocycles. The summed E-state index contributed by atoms with van der Waals surface area (Å²) in [5.41, 5.74) is 6.10. The Morgan fingerprint density at radius 2 is 2.00 bits per heavy atom. The molecule has 0 aromatic heterocycles. The molecule has 1 aliphatic rings. The van der Waals surface area contributed by atoms with Gasteiger partial charge in [0.2, 0.25) is 10.0 Å². The molecule has 2 atom stereocenters. The van der Waals surface area contributed by atoms with Gasteiger partial charge in [0.05, 0.1) is 9.82 Å². The number of non-ortho nitro benzene ring substituents is 1. The molecule has 1 saturated carbocycles. The predicted octanol–water partition coefficient (Wildman–Crippen LogP) is 2.37. The van der Waals surface area contributed by atoms with E-state index in [0.717, 1.165) is 31.7 Å². The lowest BCUT2D eigenvalue weighted by Gasteiger charge is -2.31. The van der Waals surface area contributed by atoms with Crippen LogP contribution < -0.4 is 10.5 Å². The van der Waals surface area contributed by atoms with Crippen LogP contribution in [-0.4, -0.2) is 25.9 Å². The van der Waals surface area contributed by atoms with E-state index in [9.17, 15) is 18.5 Å². The molecular weight excluding hydrogens is 354 g/mol. The molecule has 24 heavy (non-hydrogen) atoms. The lowest BCUT2D eigenvalue weighted by molar-refractivity contribution is -0.385. The zero-order valence-electron chi connectivity index (χ0n) is 13.6. The zero-order valence-corrected chi connectivity index (χ0v) is 15.2. The number of nitro benzene ring substituents is 1. The molecule has 0 saturated heterocycles. The van der Waals surface area contributed by atoms with E-state index in [-0.39, 0.29) is 34.9 Å². The molecule has 136 valence electrons. The highest BCUT2D eigenvalue weighted by Gasteiger charge is 2.30. The van der Waals surface area contributed by atoms with E-state index in [0.29, 0.717) is 18.5 Å². The smallest absolute Gasteiger partial charge is 0.270 e. The number of nitrogens with two attached hydrogens (primary N) is 1. The molecule has 0 radical (unpaired) electrons. The zero-order chi connectivity index (χ0) is 17.0. The fourth-order valence-corrected chi connectivity index (χ4v) is 4.78. The van der Waals surface area contributed by atoms with E-state index in [4.69, 9.17) is 5.73 Å². The maximum absolute atomic E-state index is 12.7.